The van der Waals surface area contributed by atoms with Crippen molar-refractivity contribution >= 4 is 10.8 Å². The van der Waals surface area contributed by atoms with Crippen molar-refractivity contribution in [3.05, 3.63) is 64.7 Å². The smallest absolute Gasteiger partial charge is 0.123 e. The number of nitrogens with two attached hydrogens (primary N) is 1. The zero-order valence-corrected chi connectivity index (χ0v) is 13.3. The van der Waals surface area contributed by atoms with E-state index in [9.17, 15) is 4.21 Å². The summed E-state index contributed by atoms with van der Waals surface area (Å²) in [5.41, 5.74) is 9.93. The lowest BCUT2D eigenvalue weighted by atomic mass is 10.1. The topological polar surface area (TPSA) is 52.3 Å². The first-order valence-corrected chi connectivity index (χ1v) is 8.37. The molecule has 0 bridgehead atoms. The predicted octanol–water partition coefficient (Wildman–Crippen LogP) is 2.91. The van der Waals surface area contributed by atoms with Crippen LogP contribution in [-0.4, -0.2) is 11.3 Å². The third-order valence-electron chi connectivity index (χ3n) is 3.31. The number of benzene rings is 2. The lowest BCUT2D eigenvalue weighted by Crippen LogP contribution is -2.03. The lowest BCUT2D eigenvalue weighted by molar-refractivity contribution is 0.409. The van der Waals surface area contributed by atoms with Crippen LogP contribution in [-0.2, 0) is 28.9 Å². The van der Waals surface area contributed by atoms with Crippen LogP contribution in [0.5, 0.6) is 5.75 Å². The third kappa shape index (κ3) is 4.41. The molecule has 0 saturated heterocycles. The van der Waals surface area contributed by atoms with Gasteiger partial charge in [0.05, 0.1) is 7.11 Å². The van der Waals surface area contributed by atoms with Crippen LogP contribution >= 0.6 is 0 Å². The molecule has 0 aliphatic heterocycles. The largest absolute Gasteiger partial charge is 0.496 e. The molecule has 0 aliphatic carbocycles. The standard InChI is InChI=1S/C17H21NO2S/c1-13-4-3-5-14(8-13)11-21(19)12-15-6-7-16(10-18)17(9-15)20-2/h3-9H,10-12,18H2,1-2H3. The Bertz CT molecular complexity index is 640. The van der Waals surface area contributed by atoms with E-state index in [2.05, 4.69) is 6.07 Å². The highest BCUT2D eigenvalue weighted by Crippen LogP contribution is 2.21. The van der Waals surface area contributed by atoms with Gasteiger partial charge in [0.15, 0.2) is 0 Å². The van der Waals surface area contributed by atoms with Crippen molar-refractivity contribution in [2.75, 3.05) is 7.11 Å². The van der Waals surface area contributed by atoms with Crippen LogP contribution in [0.1, 0.15) is 22.3 Å². The molecule has 0 saturated carbocycles. The molecule has 21 heavy (non-hydrogen) atoms. The molecule has 0 aliphatic rings. The summed E-state index contributed by atoms with van der Waals surface area (Å²) in [6.07, 6.45) is 0. The summed E-state index contributed by atoms with van der Waals surface area (Å²) < 4.78 is 17.6. The van der Waals surface area contributed by atoms with E-state index in [0.717, 1.165) is 22.4 Å². The molecular formula is C17H21NO2S. The second-order valence-corrected chi connectivity index (χ2v) is 6.52. The van der Waals surface area contributed by atoms with Gasteiger partial charge < -0.3 is 10.5 Å². The molecule has 2 aromatic rings. The molecule has 0 fully saturated rings. The molecule has 0 heterocycles. The van der Waals surface area contributed by atoms with Gasteiger partial charge in [0.1, 0.15) is 5.75 Å². The number of hydrogen-bond acceptors (Lipinski definition) is 3. The average molecular weight is 303 g/mol. The van der Waals surface area contributed by atoms with E-state index in [1.165, 1.54) is 5.56 Å². The van der Waals surface area contributed by atoms with Crippen molar-refractivity contribution in [1.82, 2.24) is 0 Å². The molecule has 0 spiro atoms. The Morgan fingerprint density at radius 3 is 2.43 bits per heavy atom. The summed E-state index contributed by atoms with van der Waals surface area (Å²) >= 11 is 0. The average Bonchev–Trinajstić information content (AvgIpc) is 2.47. The summed E-state index contributed by atoms with van der Waals surface area (Å²) in [7, 11) is 0.691. The fourth-order valence-corrected chi connectivity index (χ4v) is 3.48. The van der Waals surface area contributed by atoms with Crippen molar-refractivity contribution in [2.24, 2.45) is 5.73 Å². The van der Waals surface area contributed by atoms with Gasteiger partial charge in [0.25, 0.3) is 0 Å². The van der Waals surface area contributed by atoms with Crippen molar-refractivity contribution in [1.29, 1.82) is 0 Å². The van der Waals surface area contributed by atoms with Gasteiger partial charge in [-0.15, -0.1) is 0 Å². The molecule has 0 amide bonds. The summed E-state index contributed by atoms with van der Waals surface area (Å²) in [5.74, 6) is 1.86. The first kappa shape index (κ1) is 15.7. The van der Waals surface area contributed by atoms with Gasteiger partial charge in [0.2, 0.25) is 0 Å². The van der Waals surface area contributed by atoms with E-state index in [1.54, 1.807) is 7.11 Å². The van der Waals surface area contributed by atoms with Crippen LogP contribution in [0.2, 0.25) is 0 Å². The first-order valence-electron chi connectivity index (χ1n) is 6.88. The van der Waals surface area contributed by atoms with E-state index >= 15 is 0 Å². The molecular weight excluding hydrogens is 282 g/mol. The lowest BCUT2D eigenvalue weighted by Gasteiger charge is -2.09. The fraction of sp³-hybridized carbons (Fsp3) is 0.294. The summed E-state index contributed by atoms with van der Waals surface area (Å²) in [6.45, 7) is 2.48. The monoisotopic (exact) mass is 303 g/mol. The molecule has 3 nitrogen and oxygen atoms in total. The zero-order chi connectivity index (χ0) is 15.2. The van der Waals surface area contributed by atoms with E-state index in [-0.39, 0.29) is 0 Å². The Balaban J connectivity index is 2.06. The number of aryl methyl sites for hydroxylation is 1. The molecule has 2 rings (SSSR count). The number of rotatable bonds is 6. The molecule has 2 N–H and O–H groups in total. The molecule has 2 aromatic carbocycles. The normalized spacial score (nSPS) is 12.1. The van der Waals surface area contributed by atoms with E-state index in [0.29, 0.717) is 18.1 Å². The summed E-state index contributed by atoms with van der Waals surface area (Å²) in [6, 6.07) is 14.0. The van der Waals surface area contributed by atoms with Crippen molar-refractivity contribution < 1.29 is 8.95 Å². The minimum absolute atomic E-state index is 0.440. The van der Waals surface area contributed by atoms with E-state index in [4.69, 9.17) is 10.5 Å². The summed E-state index contributed by atoms with van der Waals surface area (Å²) in [4.78, 5) is 0. The highest BCUT2D eigenvalue weighted by molar-refractivity contribution is 7.83. The van der Waals surface area contributed by atoms with Crippen molar-refractivity contribution in [3.8, 4) is 5.75 Å². The molecule has 0 aromatic heterocycles. The third-order valence-corrected chi connectivity index (χ3v) is 4.62. The minimum Gasteiger partial charge on any atom is -0.496 e. The Kier molecular flexibility index (Phi) is 5.53. The fourth-order valence-electron chi connectivity index (χ4n) is 2.27. The van der Waals surface area contributed by atoms with E-state index in [1.807, 2.05) is 43.3 Å². The molecule has 1 atom stereocenters. The quantitative estimate of drug-likeness (QED) is 0.892. The Labute approximate surface area is 128 Å². The minimum atomic E-state index is -0.936. The molecule has 1 unspecified atom stereocenters. The van der Waals surface area contributed by atoms with Crippen LogP contribution in [0, 0.1) is 6.92 Å². The predicted molar refractivity (Wildman–Crippen MR) is 87.6 cm³/mol. The number of methoxy groups -OCH3 is 1. The molecule has 112 valence electrons. The van der Waals surface area contributed by atoms with Gasteiger partial charge in [-0.1, -0.05) is 42.0 Å². The van der Waals surface area contributed by atoms with Crippen LogP contribution in [0.4, 0.5) is 0 Å². The summed E-state index contributed by atoms with van der Waals surface area (Å²) in [5, 5.41) is 0. The van der Waals surface area contributed by atoms with Crippen LogP contribution in [0.15, 0.2) is 42.5 Å². The Morgan fingerprint density at radius 1 is 1.10 bits per heavy atom. The number of hydrogen-bond donors (Lipinski definition) is 1. The highest BCUT2D eigenvalue weighted by Gasteiger charge is 2.07. The second kappa shape index (κ2) is 7.38. The maximum Gasteiger partial charge on any atom is 0.123 e. The van der Waals surface area contributed by atoms with Crippen LogP contribution in [0.25, 0.3) is 0 Å². The SMILES string of the molecule is COc1cc(CS(=O)Cc2cccc(C)c2)ccc1CN. The van der Waals surface area contributed by atoms with Crippen LogP contribution in [0.3, 0.4) is 0 Å². The van der Waals surface area contributed by atoms with Gasteiger partial charge in [-0.25, -0.2) is 0 Å². The highest BCUT2D eigenvalue weighted by atomic mass is 32.2. The second-order valence-electron chi connectivity index (χ2n) is 5.07. The molecule has 0 radical (unpaired) electrons. The maximum absolute atomic E-state index is 12.3. The maximum atomic E-state index is 12.3. The number of ether oxygens (including phenoxy) is 1. The first-order chi connectivity index (χ1) is 10.1. The van der Waals surface area contributed by atoms with Gasteiger partial charge in [-0.05, 0) is 24.1 Å². The van der Waals surface area contributed by atoms with Gasteiger partial charge in [-0.2, -0.15) is 0 Å². The Morgan fingerprint density at radius 2 is 1.81 bits per heavy atom. The van der Waals surface area contributed by atoms with Crippen molar-refractivity contribution in [2.45, 2.75) is 25.0 Å². The molecule has 4 heteroatoms. The van der Waals surface area contributed by atoms with Crippen molar-refractivity contribution in [3.63, 3.8) is 0 Å². The zero-order valence-electron chi connectivity index (χ0n) is 12.5. The van der Waals surface area contributed by atoms with Crippen LogP contribution < -0.4 is 10.5 Å². The van der Waals surface area contributed by atoms with Gasteiger partial charge in [0, 0.05) is 34.4 Å². The Hall–Kier alpha value is -1.65. The van der Waals surface area contributed by atoms with E-state index < -0.39 is 10.8 Å². The van der Waals surface area contributed by atoms with Gasteiger partial charge in [-0.3, -0.25) is 4.21 Å². The van der Waals surface area contributed by atoms with Gasteiger partial charge >= 0.3 is 0 Å².